The first-order chi connectivity index (χ1) is 20.8. The summed E-state index contributed by atoms with van der Waals surface area (Å²) in [5.74, 6) is -0.580. The summed E-state index contributed by atoms with van der Waals surface area (Å²) in [7, 11) is 1.32. The predicted octanol–water partition coefficient (Wildman–Crippen LogP) is 6.49. The van der Waals surface area contributed by atoms with Crippen molar-refractivity contribution in [3.05, 3.63) is 120 Å². The van der Waals surface area contributed by atoms with E-state index in [1.165, 1.54) is 7.11 Å². The maximum absolute atomic E-state index is 14.6. The lowest BCUT2D eigenvalue weighted by Gasteiger charge is -2.60. The molecular weight excluding hydrogens is 540 g/mol. The van der Waals surface area contributed by atoms with E-state index in [0.717, 1.165) is 27.5 Å². The number of nitrogens with zero attached hydrogens (tertiary/aromatic N) is 2. The first-order valence-corrected chi connectivity index (χ1v) is 14.8. The van der Waals surface area contributed by atoms with Gasteiger partial charge in [0.1, 0.15) is 18.1 Å². The Balaban J connectivity index is 1.53. The van der Waals surface area contributed by atoms with Crippen LogP contribution in [0, 0.1) is 5.92 Å². The Morgan fingerprint density at radius 1 is 0.860 bits per heavy atom. The maximum Gasteiger partial charge on any atom is 0.412 e. The Bertz CT molecular complexity index is 1640. The molecule has 2 aliphatic rings. The minimum atomic E-state index is -1.28. The third kappa shape index (κ3) is 5.03. The third-order valence-electron chi connectivity index (χ3n) is 8.76. The highest BCUT2D eigenvalue weighted by atomic mass is 16.6. The summed E-state index contributed by atoms with van der Waals surface area (Å²) in [5, 5.41) is 2.15. The van der Waals surface area contributed by atoms with Gasteiger partial charge in [-0.15, -0.1) is 0 Å². The molecule has 7 nitrogen and oxygen atoms in total. The molecule has 0 N–H and O–H groups in total. The van der Waals surface area contributed by atoms with Crippen LogP contribution in [-0.4, -0.2) is 53.0 Å². The highest BCUT2D eigenvalue weighted by Gasteiger charge is 2.69. The van der Waals surface area contributed by atoms with Gasteiger partial charge >= 0.3 is 12.1 Å². The Kier molecular flexibility index (Phi) is 7.65. The van der Waals surface area contributed by atoms with Crippen LogP contribution in [0.2, 0.25) is 0 Å². The van der Waals surface area contributed by atoms with E-state index < -0.39 is 35.8 Å². The highest BCUT2D eigenvalue weighted by molar-refractivity contribution is 6.00. The molecule has 0 bridgehead atoms. The minimum absolute atomic E-state index is 0.173. The largest absolute Gasteiger partial charge is 0.468 e. The van der Waals surface area contributed by atoms with E-state index in [-0.39, 0.29) is 24.8 Å². The normalized spacial score (nSPS) is 23.4. The van der Waals surface area contributed by atoms with Crippen molar-refractivity contribution in [2.24, 2.45) is 5.92 Å². The summed E-state index contributed by atoms with van der Waals surface area (Å²) in [6, 6.07) is 32.7. The van der Waals surface area contributed by atoms with Crippen molar-refractivity contribution in [3.8, 4) is 0 Å². The van der Waals surface area contributed by atoms with Crippen molar-refractivity contribution in [3.63, 3.8) is 0 Å². The van der Waals surface area contributed by atoms with E-state index in [0.29, 0.717) is 6.42 Å². The molecule has 43 heavy (non-hydrogen) atoms. The van der Waals surface area contributed by atoms with Gasteiger partial charge in [0, 0.05) is 6.42 Å². The molecule has 2 aliphatic heterocycles. The number of methoxy groups -OCH3 is 1. The number of β-lactam (4-membered cyclic amide) rings is 1. The quantitative estimate of drug-likeness (QED) is 0.168. The number of cyclic esters (lactones) is 1. The summed E-state index contributed by atoms with van der Waals surface area (Å²) in [4.78, 5) is 44.6. The van der Waals surface area contributed by atoms with Crippen LogP contribution in [0.25, 0.3) is 10.8 Å². The highest BCUT2D eigenvalue weighted by Crippen LogP contribution is 2.53. The molecule has 7 heteroatoms. The van der Waals surface area contributed by atoms with Gasteiger partial charge in [0.2, 0.25) is 0 Å². The average Bonchev–Trinajstić information content (AvgIpc) is 3.39. The van der Waals surface area contributed by atoms with Crippen LogP contribution < -0.4 is 0 Å². The van der Waals surface area contributed by atoms with Crippen molar-refractivity contribution in [1.82, 2.24) is 9.80 Å². The van der Waals surface area contributed by atoms with Crippen LogP contribution in [0.15, 0.2) is 103 Å². The summed E-state index contributed by atoms with van der Waals surface area (Å²) >= 11 is 0. The van der Waals surface area contributed by atoms with E-state index >= 15 is 0 Å². The number of rotatable bonds is 9. The van der Waals surface area contributed by atoms with E-state index in [4.69, 9.17) is 9.47 Å². The molecule has 4 aromatic rings. The van der Waals surface area contributed by atoms with E-state index in [2.05, 4.69) is 32.0 Å². The van der Waals surface area contributed by atoms with Gasteiger partial charge in [0.25, 0.3) is 5.91 Å². The molecule has 2 fully saturated rings. The zero-order valence-corrected chi connectivity index (χ0v) is 24.7. The second-order valence-corrected chi connectivity index (χ2v) is 11.9. The number of carbonyl (C=O) groups excluding carboxylic acids is 3. The van der Waals surface area contributed by atoms with Gasteiger partial charge in [-0.25, -0.2) is 4.79 Å². The molecule has 2 saturated heterocycles. The van der Waals surface area contributed by atoms with Crippen LogP contribution in [0.3, 0.4) is 0 Å². The molecule has 4 atom stereocenters. The van der Waals surface area contributed by atoms with Crippen LogP contribution >= 0.6 is 0 Å². The Morgan fingerprint density at radius 2 is 1.49 bits per heavy atom. The average molecular weight is 577 g/mol. The topological polar surface area (TPSA) is 76.2 Å². The Hall–Kier alpha value is -4.65. The number of benzene rings is 4. The van der Waals surface area contributed by atoms with Crippen LogP contribution in [0.5, 0.6) is 0 Å². The third-order valence-corrected chi connectivity index (χ3v) is 8.76. The first-order valence-electron chi connectivity index (χ1n) is 14.8. The number of carbonyl (C=O) groups is 3. The standard InChI is InChI=1S/C36H36N2O5/c1-24(2)20-30-36(34(40)37(30)23-31(39)42-3,22-25-18-19-26-12-10-11-17-29(26)21-25)38-32(27-13-6-4-7-14-27)33(43-35(38)41)28-15-8-5-9-16-28/h4-19,21,24,30,32-33H,20,22-23H2,1-3H3/t30-,32+,33?,36+/m1/s1. The maximum atomic E-state index is 14.6. The summed E-state index contributed by atoms with van der Waals surface area (Å²) in [6.07, 6.45) is -0.279. The van der Waals surface area contributed by atoms with Gasteiger partial charge in [-0.3, -0.25) is 14.5 Å². The van der Waals surface area contributed by atoms with Crippen molar-refractivity contribution >= 4 is 28.7 Å². The lowest BCUT2D eigenvalue weighted by molar-refractivity contribution is -0.181. The van der Waals surface area contributed by atoms with Crippen molar-refractivity contribution in [2.75, 3.05) is 13.7 Å². The minimum Gasteiger partial charge on any atom is -0.468 e. The van der Waals surface area contributed by atoms with Crippen LogP contribution in [0.4, 0.5) is 4.79 Å². The fourth-order valence-electron chi connectivity index (χ4n) is 6.84. The number of ether oxygens (including phenoxy) is 2. The van der Waals surface area contributed by atoms with E-state index in [9.17, 15) is 14.4 Å². The molecule has 220 valence electrons. The van der Waals surface area contributed by atoms with Crippen molar-refractivity contribution in [2.45, 2.75) is 50.4 Å². The van der Waals surface area contributed by atoms with Crippen molar-refractivity contribution in [1.29, 1.82) is 0 Å². The molecule has 0 aliphatic carbocycles. The molecule has 0 aromatic heterocycles. The van der Waals surface area contributed by atoms with Gasteiger partial charge in [-0.05, 0) is 39.8 Å². The summed E-state index contributed by atoms with van der Waals surface area (Å²) in [5.41, 5.74) is 1.39. The number of fused-ring (bicyclic) bond motifs is 1. The SMILES string of the molecule is COC(=O)CN1C(=O)[C@@](Cc2ccc3ccccc3c2)(N2C(=O)OC(c3ccccc3)[C@@H]2c2ccccc2)[C@H]1CC(C)C. The molecule has 0 radical (unpaired) electrons. The van der Waals surface area contributed by atoms with Gasteiger partial charge in [0.05, 0.1) is 13.2 Å². The number of amides is 2. The molecule has 2 heterocycles. The van der Waals surface area contributed by atoms with Crippen LogP contribution in [0.1, 0.15) is 49.1 Å². The molecule has 6 rings (SSSR count). The molecule has 1 unspecified atom stereocenters. The second kappa shape index (κ2) is 11.6. The number of esters is 1. The molecule has 0 spiro atoms. The number of hydrogen-bond acceptors (Lipinski definition) is 5. The van der Waals surface area contributed by atoms with Crippen LogP contribution in [-0.2, 0) is 25.5 Å². The number of likely N-dealkylation sites (tertiary alicyclic amines) is 1. The zero-order chi connectivity index (χ0) is 30.1. The molecule has 4 aromatic carbocycles. The van der Waals surface area contributed by atoms with E-state index in [1.807, 2.05) is 84.9 Å². The Morgan fingerprint density at radius 3 is 2.14 bits per heavy atom. The summed E-state index contributed by atoms with van der Waals surface area (Å²) < 4.78 is 11.1. The Labute approximate surface area is 252 Å². The van der Waals surface area contributed by atoms with Gasteiger partial charge < -0.3 is 14.4 Å². The molecular formula is C36H36N2O5. The first kappa shape index (κ1) is 28.5. The van der Waals surface area contributed by atoms with Gasteiger partial charge in [0.15, 0.2) is 6.10 Å². The van der Waals surface area contributed by atoms with E-state index in [1.54, 1.807) is 9.80 Å². The van der Waals surface area contributed by atoms with Gasteiger partial charge in [-0.2, -0.15) is 0 Å². The van der Waals surface area contributed by atoms with Crippen molar-refractivity contribution < 1.29 is 23.9 Å². The molecule has 2 amide bonds. The second-order valence-electron chi connectivity index (χ2n) is 11.9. The smallest absolute Gasteiger partial charge is 0.412 e. The summed E-state index contributed by atoms with van der Waals surface area (Å²) in [6.45, 7) is 4.00. The monoisotopic (exact) mass is 576 g/mol. The fourth-order valence-corrected chi connectivity index (χ4v) is 6.84. The lowest BCUT2D eigenvalue weighted by Crippen LogP contribution is -2.81. The lowest BCUT2D eigenvalue weighted by atomic mass is 9.69. The fraction of sp³-hybridized carbons (Fsp3) is 0.306. The number of hydrogen-bond donors (Lipinski definition) is 0. The van der Waals surface area contributed by atoms with Gasteiger partial charge in [-0.1, -0.05) is 117 Å². The molecule has 0 saturated carbocycles. The zero-order valence-electron chi connectivity index (χ0n) is 24.7. The predicted molar refractivity (Wildman–Crippen MR) is 164 cm³/mol.